The minimum absolute atomic E-state index is 0.118. The van der Waals surface area contributed by atoms with E-state index in [9.17, 15) is 0 Å². The molecule has 0 aliphatic heterocycles. The molecule has 0 bridgehead atoms. The van der Waals surface area contributed by atoms with Crippen LogP contribution in [0.3, 0.4) is 0 Å². The van der Waals surface area contributed by atoms with Gasteiger partial charge in [0, 0.05) is 22.7 Å². The molecule has 0 saturated carbocycles. The third-order valence-electron chi connectivity index (χ3n) is 2.49. The number of hydrogen-bond donors (Lipinski definition) is 2. The van der Waals surface area contributed by atoms with Crippen LogP contribution in [-0.2, 0) is 10.8 Å². The molecule has 2 heterocycles. The van der Waals surface area contributed by atoms with Gasteiger partial charge in [0.15, 0.2) is 0 Å². The Hall–Kier alpha value is -1.65. The summed E-state index contributed by atoms with van der Waals surface area (Å²) in [5.74, 6) is 0. The van der Waals surface area contributed by atoms with Crippen molar-refractivity contribution in [3.05, 3.63) is 29.8 Å². The van der Waals surface area contributed by atoms with Gasteiger partial charge >= 0.3 is 0 Å². The number of aromatic nitrogens is 5. The van der Waals surface area contributed by atoms with Crippen LogP contribution in [0.4, 0.5) is 0 Å². The molecular formula is C13H23N5. The summed E-state index contributed by atoms with van der Waals surface area (Å²) < 4.78 is 0. The van der Waals surface area contributed by atoms with Crippen LogP contribution >= 0.6 is 0 Å². The first-order valence-electron chi connectivity index (χ1n) is 6.07. The summed E-state index contributed by atoms with van der Waals surface area (Å²) in [4.78, 5) is 0. The van der Waals surface area contributed by atoms with Gasteiger partial charge in [-0.25, -0.2) is 0 Å². The predicted molar refractivity (Wildman–Crippen MR) is 72.4 cm³/mol. The molecule has 5 heteroatoms. The second-order valence-corrected chi connectivity index (χ2v) is 6.33. The van der Waals surface area contributed by atoms with E-state index in [1.165, 1.54) is 5.69 Å². The Labute approximate surface area is 108 Å². The zero-order valence-corrected chi connectivity index (χ0v) is 12.1. The van der Waals surface area contributed by atoms with Gasteiger partial charge in [-0.1, -0.05) is 41.5 Å². The summed E-state index contributed by atoms with van der Waals surface area (Å²) in [6.07, 6.45) is 3.53. The molecule has 0 atom stereocenters. The maximum Gasteiger partial charge on any atom is 0.0877 e. The third-order valence-corrected chi connectivity index (χ3v) is 2.49. The molecule has 0 aliphatic rings. The molecule has 100 valence electrons. The van der Waals surface area contributed by atoms with Crippen molar-refractivity contribution >= 4 is 0 Å². The summed E-state index contributed by atoms with van der Waals surface area (Å²) in [5.41, 5.74) is 2.51. The topological polar surface area (TPSA) is 70.2 Å². The van der Waals surface area contributed by atoms with Gasteiger partial charge in [0.05, 0.1) is 11.9 Å². The number of nitrogens with zero attached hydrogens (tertiary/aromatic N) is 3. The molecule has 2 aromatic heterocycles. The Balaban J connectivity index is 0.000000180. The van der Waals surface area contributed by atoms with Gasteiger partial charge in [-0.2, -0.15) is 20.5 Å². The molecule has 0 amide bonds. The first-order valence-corrected chi connectivity index (χ1v) is 6.07. The Morgan fingerprint density at radius 1 is 0.944 bits per heavy atom. The average molecular weight is 249 g/mol. The highest BCUT2D eigenvalue weighted by Crippen LogP contribution is 2.18. The van der Waals surface area contributed by atoms with Crippen LogP contribution in [0.2, 0.25) is 0 Å². The minimum atomic E-state index is 0.118. The van der Waals surface area contributed by atoms with E-state index in [0.29, 0.717) is 0 Å². The Kier molecular flexibility index (Phi) is 4.27. The van der Waals surface area contributed by atoms with Crippen LogP contribution < -0.4 is 0 Å². The first-order chi connectivity index (χ1) is 8.21. The van der Waals surface area contributed by atoms with Gasteiger partial charge < -0.3 is 0 Å². The Bertz CT molecular complexity index is 384. The van der Waals surface area contributed by atoms with Gasteiger partial charge in [-0.15, -0.1) is 0 Å². The predicted octanol–water partition coefficient (Wildman–Crippen LogP) is 2.81. The highest BCUT2D eigenvalue weighted by atomic mass is 15.3. The summed E-state index contributed by atoms with van der Waals surface area (Å²) in [5, 5.41) is 17.0. The van der Waals surface area contributed by atoms with E-state index in [4.69, 9.17) is 0 Å². The van der Waals surface area contributed by atoms with E-state index in [2.05, 4.69) is 67.2 Å². The fraction of sp³-hybridized carbons (Fsp3) is 0.615. The second-order valence-electron chi connectivity index (χ2n) is 6.33. The zero-order valence-electron chi connectivity index (χ0n) is 12.1. The summed E-state index contributed by atoms with van der Waals surface area (Å²) >= 11 is 0. The van der Waals surface area contributed by atoms with Crippen molar-refractivity contribution in [1.82, 2.24) is 25.6 Å². The maximum atomic E-state index is 3.95. The molecule has 18 heavy (non-hydrogen) atoms. The molecule has 0 radical (unpaired) electrons. The quantitative estimate of drug-likeness (QED) is 0.754. The smallest absolute Gasteiger partial charge is 0.0877 e. The third kappa shape index (κ3) is 4.31. The van der Waals surface area contributed by atoms with Crippen LogP contribution in [0.5, 0.6) is 0 Å². The van der Waals surface area contributed by atoms with E-state index in [0.717, 1.165) is 5.69 Å². The first kappa shape index (κ1) is 14.4. The van der Waals surface area contributed by atoms with Crippen molar-refractivity contribution in [2.75, 3.05) is 0 Å². The molecule has 2 N–H and O–H groups in total. The van der Waals surface area contributed by atoms with Crippen molar-refractivity contribution in [2.24, 2.45) is 0 Å². The molecule has 0 spiro atoms. The maximum absolute atomic E-state index is 3.95. The van der Waals surface area contributed by atoms with Crippen LogP contribution in [0, 0.1) is 0 Å². The van der Waals surface area contributed by atoms with Crippen molar-refractivity contribution < 1.29 is 0 Å². The van der Waals surface area contributed by atoms with E-state index in [1.54, 1.807) is 12.4 Å². The van der Waals surface area contributed by atoms with Crippen molar-refractivity contribution in [2.45, 2.75) is 52.4 Å². The lowest BCUT2D eigenvalue weighted by atomic mass is 9.93. The summed E-state index contributed by atoms with van der Waals surface area (Å²) in [6, 6.07) is 2.00. The second kappa shape index (κ2) is 5.33. The van der Waals surface area contributed by atoms with Crippen LogP contribution in [0.1, 0.15) is 52.9 Å². The molecule has 0 aliphatic carbocycles. The number of H-pyrrole nitrogens is 2. The molecular weight excluding hydrogens is 226 g/mol. The van der Waals surface area contributed by atoms with Gasteiger partial charge in [0.25, 0.3) is 0 Å². The van der Waals surface area contributed by atoms with Gasteiger partial charge in [0.1, 0.15) is 0 Å². The molecule has 0 fully saturated rings. The molecule has 5 nitrogen and oxygen atoms in total. The number of nitrogens with one attached hydrogen (secondary N) is 2. The fourth-order valence-electron chi connectivity index (χ4n) is 1.24. The van der Waals surface area contributed by atoms with Gasteiger partial charge in [0.2, 0.25) is 0 Å². The monoisotopic (exact) mass is 249 g/mol. The molecule has 0 unspecified atom stereocenters. The van der Waals surface area contributed by atoms with Gasteiger partial charge in [-0.05, 0) is 6.07 Å². The number of hydrogen-bond acceptors (Lipinski definition) is 3. The van der Waals surface area contributed by atoms with Crippen LogP contribution in [-0.4, -0.2) is 25.6 Å². The lowest BCUT2D eigenvalue weighted by Gasteiger charge is -2.14. The number of aromatic amines is 2. The van der Waals surface area contributed by atoms with E-state index in [-0.39, 0.29) is 10.8 Å². The normalized spacial score (nSPS) is 11.9. The van der Waals surface area contributed by atoms with Crippen LogP contribution in [0.25, 0.3) is 0 Å². The fourth-order valence-corrected chi connectivity index (χ4v) is 1.24. The van der Waals surface area contributed by atoms with Gasteiger partial charge in [-0.3, -0.25) is 5.10 Å². The SMILES string of the molecule is CC(C)(C)c1ccn[nH]1.CC(C)(C)c1cn[nH]n1. The Morgan fingerprint density at radius 2 is 1.61 bits per heavy atom. The summed E-state index contributed by atoms with van der Waals surface area (Å²) in [7, 11) is 0. The number of rotatable bonds is 0. The highest BCUT2D eigenvalue weighted by molar-refractivity contribution is 5.09. The Morgan fingerprint density at radius 3 is 1.83 bits per heavy atom. The molecule has 0 saturated heterocycles. The van der Waals surface area contributed by atoms with Crippen molar-refractivity contribution in [1.29, 1.82) is 0 Å². The van der Waals surface area contributed by atoms with E-state index >= 15 is 0 Å². The standard InChI is InChI=1S/C7H12N2.C6H11N3/c1-7(2,3)6-4-5-8-9-6;1-6(2,3)5-4-7-9-8-5/h4-5H,1-3H3,(H,8,9);4H,1-3H3,(H,7,8,9). The molecule has 0 aromatic carbocycles. The largest absolute Gasteiger partial charge is 0.282 e. The van der Waals surface area contributed by atoms with Crippen molar-refractivity contribution in [3.8, 4) is 0 Å². The lowest BCUT2D eigenvalue weighted by Crippen LogP contribution is -2.11. The average Bonchev–Trinajstić information content (AvgIpc) is 2.91. The lowest BCUT2D eigenvalue weighted by molar-refractivity contribution is 0.566. The highest BCUT2D eigenvalue weighted by Gasteiger charge is 2.15. The van der Waals surface area contributed by atoms with E-state index in [1.807, 2.05) is 6.07 Å². The van der Waals surface area contributed by atoms with Crippen LogP contribution in [0.15, 0.2) is 18.5 Å². The molecule has 2 aromatic rings. The zero-order chi connectivity index (χ0) is 13.8. The van der Waals surface area contributed by atoms with Crippen molar-refractivity contribution in [3.63, 3.8) is 0 Å². The molecule has 2 rings (SSSR count). The minimum Gasteiger partial charge on any atom is -0.282 e. The van der Waals surface area contributed by atoms with E-state index < -0.39 is 0 Å². The summed E-state index contributed by atoms with van der Waals surface area (Å²) in [6.45, 7) is 12.8.